The number of carbonyl (C=O) groups is 2. The van der Waals surface area contributed by atoms with E-state index in [2.05, 4.69) is 35.3 Å². The lowest BCUT2D eigenvalue weighted by molar-refractivity contribution is -0.135. The Kier molecular flexibility index (Phi) is 5.98. The van der Waals surface area contributed by atoms with Crippen LogP contribution in [0.2, 0.25) is 0 Å². The van der Waals surface area contributed by atoms with Crippen LogP contribution in [-0.2, 0) is 29.0 Å². The van der Waals surface area contributed by atoms with Crippen LogP contribution in [0.15, 0.2) is 18.2 Å². The van der Waals surface area contributed by atoms with Crippen LogP contribution in [0.1, 0.15) is 54.3 Å². The van der Waals surface area contributed by atoms with E-state index in [9.17, 15) is 9.59 Å². The van der Waals surface area contributed by atoms with Gasteiger partial charge in [0.1, 0.15) is 6.61 Å². The zero-order chi connectivity index (χ0) is 23.8. The largest absolute Gasteiger partial charge is 0.445 e. The molecule has 2 aromatic rings. The van der Waals surface area contributed by atoms with Crippen LogP contribution in [0.5, 0.6) is 0 Å². The summed E-state index contributed by atoms with van der Waals surface area (Å²) in [7, 11) is 0. The van der Waals surface area contributed by atoms with Crippen LogP contribution >= 0.6 is 0 Å². The highest BCUT2D eigenvalue weighted by molar-refractivity contribution is 5.80. The maximum atomic E-state index is 13.1. The standard InChI is InChI=1S/C25H30N6O3/c1-15(2)21-7-16(9-26)3-4-18(21)14-34-25(33)31-12-19-10-30(11-20(19)13-31)24(32)17-5-6-22-23(8-17)28-29-27-22/h3-4,7,15,17,19-20H,5-6,8,10-14H2,1-2H3,(H,27,28,29)/t17-,19+,20+/m1/s1. The van der Waals surface area contributed by atoms with Gasteiger partial charge in [-0.05, 0) is 42.0 Å². The highest BCUT2D eigenvalue weighted by atomic mass is 16.6. The first-order valence-corrected chi connectivity index (χ1v) is 12.0. The minimum atomic E-state index is -0.308. The van der Waals surface area contributed by atoms with Gasteiger partial charge in [-0.15, -0.1) is 5.10 Å². The molecule has 9 nitrogen and oxygen atoms in total. The van der Waals surface area contributed by atoms with Gasteiger partial charge in [0.15, 0.2) is 0 Å². The molecule has 0 bridgehead atoms. The van der Waals surface area contributed by atoms with Crippen molar-refractivity contribution in [2.75, 3.05) is 26.2 Å². The van der Waals surface area contributed by atoms with Crippen molar-refractivity contribution in [2.24, 2.45) is 17.8 Å². The van der Waals surface area contributed by atoms with Crippen molar-refractivity contribution in [3.05, 3.63) is 46.3 Å². The topological polar surface area (TPSA) is 115 Å². The lowest BCUT2D eigenvalue weighted by Gasteiger charge is -2.27. The molecule has 0 spiro atoms. The van der Waals surface area contributed by atoms with Gasteiger partial charge in [0.05, 0.1) is 23.0 Å². The fourth-order valence-corrected chi connectivity index (χ4v) is 5.64. The summed E-state index contributed by atoms with van der Waals surface area (Å²) in [5, 5.41) is 20.1. The van der Waals surface area contributed by atoms with E-state index in [1.807, 2.05) is 17.0 Å². The molecular weight excluding hydrogens is 432 g/mol. The zero-order valence-electron chi connectivity index (χ0n) is 19.7. The highest BCUT2D eigenvalue weighted by Gasteiger charge is 2.45. The number of nitriles is 1. The van der Waals surface area contributed by atoms with E-state index >= 15 is 0 Å². The number of carbonyl (C=O) groups excluding carboxylic acids is 2. The number of benzene rings is 1. The van der Waals surface area contributed by atoms with Crippen LogP contribution in [0.25, 0.3) is 0 Å². The fraction of sp³-hybridized carbons (Fsp3) is 0.560. The van der Waals surface area contributed by atoms with Crippen LogP contribution < -0.4 is 0 Å². The summed E-state index contributed by atoms with van der Waals surface area (Å²) in [6, 6.07) is 7.67. The van der Waals surface area contributed by atoms with E-state index in [1.54, 1.807) is 11.0 Å². The molecule has 0 unspecified atom stereocenters. The van der Waals surface area contributed by atoms with E-state index in [0.717, 1.165) is 35.4 Å². The molecule has 1 N–H and O–H groups in total. The molecule has 9 heteroatoms. The number of fused-ring (bicyclic) bond motifs is 2. The van der Waals surface area contributed by atoms with E-state index in [0.29, 0.717) is 50.0 Å². The molecule has 0 radical (unpaired) electrons. The smallest absolute Gasteiger partial charge is 0.410 e. The van der Waals surface area contributed by atoms with Crippen LogP contribution in [0, 0.1) is 29.1 Å². The Morgan fingerprint density at radius 2 is 1.94 bits per heavy atom. The number of aromatic amines is 1. The molecule has 34 heavy (non-hydrogen) atoms. The Morgan fingerprint density at radius 3 is 2.65 bits per heavy atom. The minimum Gasteiger partial charge on any atom is -0.445 e. The second-order valence-electron chi connectivity index (χ2n) is 10.1. The molecule has 1 aromatic heterocycles. The second-order valence-corrected chi connectivity index (χ2v) is 10.1. The average molecular weight is 463 g/mol. The first-order chi connectivity index (χ1) is 16.4. The Bertz CT molecular complexity index is 1120. The molecule has 178 valence electrons. The molecule has 1 aromatic carbocycles. The molecule has 3 atom stereocenters. The van der Waals surface area contributed by atoms with Crippen LogP contribution in [0.4, 0.5) is 4.79 Å². The normalized spacial score (nSPS) is 23.5. The number of amides is 2. The third kappa shape index (κ3) is 4.25. The summed E-state index contributed by atoms with van der Waals surface area (Å²) in [6.45, 7) is 6.96. The van der Waals surface area contributed by atoms with Crippen molar-refractivity contribution in [1.29, 1.82) is 5.26 Å². The van der Waals surface area contributed by atoms with Crippen molar-refractivity contribution in [1.82, 2.24) is 25.2 Å². The summed E-state index contributed by atoms with van der Waals surface area (Å²) >= 11 is 0. The second kappa shape index (κ2) is 9.09. The van der Waals surface area contributed by atoms with E-state index in [-0.39, 0.29) is 30.4 Å². The van der Waals surface area contributed by atoms with Crippen molar-refractivity contribution < 1.29 is 14.3 Å². The third-order valence-corrected chi connectivity index (χ3v) is 7.54. The molecule has 3 heterocycles. The Balaban J connectivity index is 1.13. The van der Waals surface area contributed by atoms with Gasteiger partial charge in [0.2, 0.25) is 5.91 Å². The predicted molar refractivity (Wildman–Crippen MR) is 122 cm³/mol. The number of ether oxygens (including phenoxy) is 1. The first-order valence-electron chi connectivity index (χ1n) is 12.0. The lowest BCUT2D eigenvalue weighted by atomic mass is 9.89. The number of likely N-dealkylation sites (tertiary alicyclic amines) is 2. The number of nitrogens with one attached hydrogen (secondary N) is 1. The van der Waals surface area contributed by atoms with Crippen molar-refractivity contribution >= 4 is 12.0 Å². The van der Waals surface area contributed by atoms with Gasteiger partial charge in [-0.3, -0.25) is 9.89 Å². The number of hydrogen-bond donors (Lipinski definition) is 1. The van der Waals surface area contributed by atoms with E-state index < -0.39 is 0 Å². The molecule has 3 aliphatic rings. The molecule has 2 saturated heterocycles. The van der Waals surface area contributed by atoms with Crippen molar-refractivity contribution in [3.63, 3.8) is 0 Å². The van der Waals surface area contributed by atoms with Crippen molar-refractivity contribution in [3.8, 4) is 6.07 Å². The van der Waals surface area contributed by atoms with Gasteiger partial charge < -0.3 is 14.5 Å². The average Bonchev–Trinajstić information content (AvgIpc) is 3.56. The lowest BCUT2D eigenvalue weighted by Crippen LogP contribution is -2.40. The van der Waals surface area contributed by atoms with Crippen LogP contribution in [-0.4, -0.2) is 63.4 Å². The fourth-order valence-electron chi connectivity index (χ4n) is 5.64. The summed E-state index contributed by atoms with van der Waals surface area (Å²) in [5.41, 5.74) is 4.54. The summed E-state index contributed by atoms with van der Waals surface area (Å²) in [6.07, 6.45) is 1.99. The minimum absolute atomic E-state index is 0.0277. The predicted octanol–water partition coefficient (Wildman–Crippen LogP) is 2.63. The molecule has 2 amide bonds. The van der Waals surface area contributed by atoms with E-state index in [4.69, 9.17) is 10.00 Å². The monoisotopic (exact) mass is 462 g/mol. The van der Waals surface area contributed by atoms with Gasteiger partial charge in [0, 0.05) is 50.4 Å². The summed E-state index contributed by atoms with van der Waals surface area (Å²) in [5.74, 6) is 1.00. The number of aromatic nitrogens is 3. The number of H-pyrrole nitrogens is 1. The number of hydrogen-bond acceptors (Lipinski definition) is 6. The van der Waals surface area contributed by atoms with Gasteiger partial charge in [-0.1, -0.05) is 25.1 Å². The molecule has 0 saturated carbocycles. The SMILES string of the molecule is CC(C)c1cc(C#N)ccc1COC(=O)N1C[C@@H]2CN(C(=O)[C@@H]3CCc4[nH]nnc4C3)C[C@H]2C1. The summed E-state index contributed by atoms with van der Waals surface area (Å²) in [4.78, 5) is 29.6. The van der Waals surface area contributed by atoms with Gasteiger partial charge in [-0.25, -0.2) is 4.79 Å². The van der Waals surface area contributed by atoms with Gasteiger partial charge in [0.25, 0.3) is 0 Å². The molecular formula is C25H30N6O3. The highest BCUT2D eigenvalue weighted by Crippen LogP contribution is 2.34. The molecule has 2 aliphatic heterocycles. The third-order valence-electron chi connectivity index (χ3n) is 7.54. The van der Waals surface area contributed by atoms with E-state index in [1.165, 1.54) is 0 Å². The molecule has 1 aliphatic carbocycles. The number of rotatable bonds is 4. The molecule has 5 rings (SSSR count). The Labute approximate surface area is 199 Å². The zero-order valence-corrected chi connectivity index (χ0v) is 19.7. The number of aryl methyl sites for hydroxylation is 1. The maximum Gasteiger partial charge on any atom is 0.410 e. The Hall–Kier alpha value is -3.41. The Morgan fingerprint density at radius 1 is 1.21 bits per heavy atom. The molecule has 2 fully saturated rings. The van der Waals surface area contributed by atoms with Gasteiger partial charge in [-0.2, -0.15) is 5.26 Å². The van der Waals surface area contributed by atoms with Gasteiger partial charge >= 0.3 is 6.09 Å². The van der Waals surface area contributed by atoms with Crippen molar-refractivity contribution in [2.45, 2.75) is 45.6 Å². The van der Waals surface area contributed by atoms with Crippen LogP contribution in [0.3, 0.4) is 0 Å². The summed E-state index contributed by atoms with van der Waals surface area (Å²) < 4.78 is 5.64. The first kappa shape index (κ1) is 22.4. The number of nitrogens with zero attached hydrogens (tertiary/aromatic N) is 5. The maximum absolute atomic E-state index is 13.1. The quantitative estimate of drug-likeness (QED) is 0.747.